The number of carbonyl (C=O) groups is 3. The van der Waals surface area contributed by atoms with Crippen LogP contribution in [0.3, 0.4) is 0 Å². The van der Waals surface area contributed by atoms with E-state index >= 15 is 0 Å². The van der Waals surface area contributed by atoms with Crippen LogP contribution in [-0.2, 0) is 14.4 Å². The summed E-state index contributed by atoms with van der Waals surface area (Å²) in [5.74, 6) is -1.29. The summed E-state index contributed by atoms with van der Waals surface area (Å²) >= 11 is 0. The third kappa shape index (κ3) is 2.62. The number of carbonyl (C=O) groups excluding carboxylic acids is 3. The molecule has 1 fully saturated rings. The molecule has 96 valence electrons. The topological polar surface area (TPSA) is 111 Å². The number of aromatic amines is 1. The first-order chi connectivity index (χ1) is 8.70. The number of piperazine rings is 1. The van der Waals surface area contributed by atoms with Gasteiger partial charge >= 0.3 is 11.8 Å². The molecule has 0 atom stereocenters. The summed E-state index contributed by atoms with van der Waals surface area (Å²) < 4.78 is 0. The van der Waals surface area contributed by atoms with Crippen LogP contribution in [0.2, 0.25) is 0 Å². The van der Waals surface area contributed by atoms with Gasteiger partial charge in [-0.2, -0.15) is 10.1 Å². The Kier molecular flexibility index (Phi) is 3.51. The highest BCUT2D eigenvalue weighted by Crippen LogP contribution is 2.01. The highest BCUT2D eigenvalue weighted by Gasteiger charge is 2.25. The number of hydrogen-bond acceptors (Lipinski definition) is 5. The van der Waals surface area contributed by atoms with E-state index in [1.807, 2.05) is 0 Å². The molecular formula is C9H12N6O3. The minimum absolute atomic E-state index is 0.125. The van der Waals surface area contributed by atoms with Gasteiger partial charge in [0.1, 0.15) is 6.33 Å². The Labute approximate surface area is 102 Å². The van der Waals surface area contributed by atoms with E-state index in [2.05, 4.69) is 20.5 Å². The Morgan fingerprint density at radius 3 is 2.61 bits per heavy atom. The molecule has 0 bridgehead atoms. The van der Waals surface area contributed by atoms with E-state index in [0.29, 0.717) is 26.2 Å². The monoisotopic (exact) mass is 252 g/mol. The van der Waals surface area contributed by atoms with Crippen LogP contribution in [0, 0.1) is 0 Å². The summed E-state index contributed by atoms with van der Waals surface area (Å²) in [6.45, 7) is 1.57. The van der Waals surface area contributed by atoms with Crippen LogP contribution in [0.15, 0.2) is 6.33 Å². The molecule has 0 radical (unpaired) electrons. The molecule has 0 saturated carbocycles. The van der Waals surface area contributed by atoms with E-state index in [-0.39, 0.29) is 5.95 Å². The lowest BCUT2D eigenvalue weighted by Gasteiger charge is -2.31. The number of rotatable bonds is 2. The first-order valence-electron chi connectivity index (χ1n) is 5.35. The minimum atomic E-state index is -0.772. The second kappa shape index (κ2) is 5.25. The van der Waals surface area contributed by atoms with E-state index < -0.39 is 11.8 Å². The maximum Gasteiger partial charge on any atom is 0.316 e. The molecule has 9 heteroatoms. The molecular weight excluding hydrogens is 240 g/mol. The molecule has 1 aromatic rings. The van der Waals surface area contributed by atoms with Gasteiger partial charge in [0.05, 0.1) is 0 Å². The number of amides is 3. The number of aromatic nitrogens is 3. The lowest BCUT2D eigenvalue weighted by molar-refractivity contribution is -0.144. The fourth-order valence-electron chi connectivity index (χ4n) is 1.60. The Morgan fingerprint density at radius 1 is 1.33 bits per heavy atom. The van der Waals surface area contributed by atoms with Crippen molar-refractivity contribution < 1.29 is 14.4 Å². The lowest BCUT2D eigenvalue weighted by Crippen LogP contribution is -2.51. The molecule has 18 heavy (non-hydrogen) atoms. The molecule has 0 aliphatic carbocycles. The predicted octanol–water partition coefficient (Wildman–Crippen LogP) is -1.96. The van der Waals surface area contributed by atoms with Crippen molar-refractivity contribution in [1.82, 2.24) is 25.0 Å². The average molecular weight is 252 g/mol. The molecule has 9 nitrogen and oxygen atoms in total. The van der Waals surface area contributed by atoms with Crippen molar-refractivity contribution in [2.45, 2.75) is 0 Å². The molecule has 2 heterocycles. The molecule has 0 aromatic carbocycles. The first-order valence-corrected chi connectivity index (χ1v) is 5.35. The summed E-state index contributed by atoms with van der Waals surface area (Å²) in [5, 5.41) is 8.27. The van der Waals surface area contributed by atoms with Crippen molar-refractivity contribution in [3.05, 3.63) is 6.33 Å². The van der Waals surface area contributed by atoms with Crippen molar-refractivity contribution in [1.29, 1.82) is 0 Å². The lowest BCUT2D eigenvalue weighted by atomic mass is 10.3. The second-order valence-corrected chi connectivity index (χ2v) is 3.72. The largest absolute Gasteiger partial charge is 0.342 e. The fraction of sp³-hybridized carbons (Fsp3) is 0.444. The third-order valence-corrected chi connectivity index (χ3v) is 2.59. The number of hydrogen-bond donors (Lipinski definition) is 2. The maximum absolute atomic E-state index is 11.8. The van der Waals surface area contributed by atoms with Crippen LogP contribution >= 0.6 is 0 Å². The molecule has 2 N–H and O–H groups in total. The van der Waals surface area contributed by atoms with E-state index in [0.717, 1.165) is 6.41 Å². The Morgan fingerprint density at radius 2 is 2.06 bits per heavy atom. The van der Waals surface area contributed by atoms with Crippen LogP contribution in [0.25, 0.3) is 0 Å². The van der Waals surface area contributed by atoms with E-state index in [9.17, 15) is 14.4 Å². The Bertz CT molecular complexity index is 437. The Balaban J connectivity index is 1.87. The van der Waals surface area contributed by atoms with Crippen LogP contribution in [0.5, 0.6) is 0 Å². The van der Waals surface area contributed by atoms with Crippen molar-refractivity contribution in [2.75, 3.05) is 31.5 Å². The van der Waals surface area contributed by atoms with Crippen molar-refractivity contribution in [3.8, 4) is 0 Å². The first kappa shape index (κ1) is 12.0. The van der Waals surface area contributed by atoms with Gasteiger partial charge in [0.15, 0.2) is 0 Å². The van der Waals surface area contributed by atoms with Gasteiger partial charge in [-0.05, 0) is 0 Å². The van der Waals surface area contributed by atoms with Gasteiger partial charge in [-0.1, -0.05) is 0 Å². The van der Waals surface area contributed by atoms with E-state index in [1.54, 1.807) is 4.90 Å². The molecule has 1 aliphatic rings. The zero-order chi connectivity index (χ0) is 13.0. The SMILES string of the molecule is O=CN1CCN(C(=O)C(=O)Nc2ncn[nH]2)CC1. The summed E-state index contributed by atoms with van der Waals surface area (Å²) in [4.78, 5) is 40.5. The van der Waals surface area contributed by atoms with Crippen LogP contribution in [-0.4, -0.2) is 69.4 Å². The van der Waals surface area contributed by atoms with Crippen molar-refractivity contribution in [2.24, 2.45) is 0 Å². The summed E-state index contributed by atoms with van der Waals surface area (Å²) in [7, 11) is 0. The fourth-order valence-corrected chi connectivity index (χ4v) is 1.60. The van der Waals surface area contributed by atoms with E-state index in [4.69, 9.17) is 0 Å². The number of H-pyrrole nitrogens is 1. The maximum atomic E-state index is 11.8. The van der Waals surface area contributed by atoms with Gasteiger partial charge < -0.3 is 9.80 Å². The number of nitrogens with zero attached hydrogens (tertiary/aromatic N) is 4. The molecule has 3 amide bonds. The summed E-state index contributed by atoms with van der Waals surface area (Å²) in [5.41, 5.74) is 0. The number of anilines is 1. The van der Waals surface area contributed by atoms with E-state index in [1.165, 1.54) is 11.2 Å². The van der Waals surface area contributed by atoms with Crippen LogP contribution in [0.1, 0.15) is 0 Å². The predicted molar refractivity (Wildman–Crippen MR) is 59.2 cm³/mol. The van der Waals surface area contributed by atoms with Crippen LogP contribution in [0.4, 0.5) is 5.95 Å². The molecule has 1 aliphatic heterocycles. The van der Waals surface area contributed by atoms with Gasteiger partial charge in [-0.15, -0.1) is 0 Å². The molecule has 2 rings (SSSR count). The average Bonchev–Trinajstić information content (AvgIpc) is 2.91. The summed E-state index contributed by atoms with van der Waals surface area (Å²) in [6, 6.07) is 0. The third-order valence-electron chi connectivity index (χ3n) is 2.59. The zero-order valence-electron chi connectivity index (χ0n) is 9.50. The molecule has 0 unspecified atom stereocenters. The summed E-state index contributed by atoms with van der Waals surface area (Å²) in [6.07, 6.45) is 1.96. The molecule has 1 saturated heterocycles. The van der Waals surface area contributed by atoms with Crippen LogP contribution < -0.4 is 5.32 Å². The standard InChI is InChI=1S/C9H12N6O3/c16-6-14-1-3-15(4-2-14)8(18)7(17)12-9-10-5-11-13-9/h5-6H,1-4H2,(H2,10,11,12,13,17). The normalized spacial score (nSPS) is 15.3. The smallest absolute Gasteiger partial charge is 0.316 e. The highest BCUT2D eigenvalue weighted by atomic mass is 16.2. The van der Waals surface area contributed by atoms with Gasteiger partial charge in [0.25, 0.3) is 0 Å². The molecule has 1 aromatic heterocycles. The molecule has 0 spiro atoms. The van der Waals surface area contributed by atoms with Gasteiger partial charge in [0.2, 0.25) is 12.4 Å². The van der Waals surface area contributed by atoms with Crippen molar-refractivity contribution >= 4 is 24.2 Å². The Hall–Kier alpha value is -2.45. The van der Waals surface area contributed by atoms with Crippen molar-refractivity contribution in [3.63, 3.8) is 0 Å². The minimum Gasteiger partial charge on any atom is -0.342 e. The number of nitrogens with one attached hydrogen (secondary N) is 2. The quantitative estimate of drug-likeness (QED) is 0.469. The second-order valence-electron chi connectivity index (χ2n) is 3.72. The van der Waals surface area contributed by atoms with Gasteiger partial charge in [-0.3, -0.25) is 19.7 Å². The van der Waals surface area contributed by atoms with Gasteiger partial charge in [-0.25, -0.2) is 5.10 Å². The highest BCUT2D eigenvalue weighted by molar-refractivity contribution is 6.39. The zero-order valence-corrected chi connectivity index (χ0v) is 9.50. The van der Waals surface area contributed by atoms with Gasteiger partial charge in [0, 0.05) is 26.2 Å².